The van der Waals surface area contributed by atoms with E-state index in [0.717, 1.165) is 33.7 Å². The molecule has 0 radical (unpaired) electrons. The molecule has 0 spiro atoms. The zero-order valence-corrected chi connectivity index (χ0v) is 19.9. The maximum atomic E-state index is 12.7. The van der Waals surface area contributed by atoms with Crippen molar-refractivity contribution >= 4 is 17.4 Å². The second-order valence-corrected chi connectivity index (χ2v) is 8.88. The number of hydrogen-bond acceptors (Lipinski definition) is 6. The van der Waals surface area contributed by atoms with Crippen LogP contribution >= 0.6 is 11.8 Å². The van der Waals surface area contributed by atoms with Crippen LogP contribution in [0, 0.1) is 13.8 Å². The van der Waals surface area contributed by atoms with Crippen LogP contribution in [0.2, 0.25) is 0 Å². The number of aromatic nitrogens is 5. The summed E-state index contributed by atoms with van der Waals surface area (Å²) in [4.78, 5) is 17.3. The van der Waals surface area contributed by atoms with Gasteiger partial charge in [0.15, 0.2) is 11.0 Å². The number of nitrogens with zero attached hydrogens (tertiary/aromatic N) is 5. The van der Waals surface area contributed by atoms with Crippen molar-refractivity contribution in [3.63, 3.8) is 0 Å². The number of aryl methyl sites for hydroxylation is 2. The molecule has 5 rings (SSSR count). The van der Waals surface area contributed by atoms with E-state index in [1.807, 2.05) is 54.0 Å². The quantitative estimate of drug-likeness (QED) is 0.331. The van der Waals surface area contributed by atoms with E-state index >= 15 is 0 Å². The zero-order chi connectivity index (χ0) is 23.7. The Morgan fingerprint density at radius 2 is 1.71 bits per heavy atom. The smallest absolute Gasteiger partial charge is 0.258 e. The largest absolute Gasteiger partial charge is 0.497 e. The Morgan fingerprint density at radius 1 is 0.941 bits per heavy atom. The summed E-state index contributed by atoms with van der Waals surface area (Å²) in [5, 5.41) is 9.70. The number of methoxy groups -OCH3 is 1. The average Bonchev–Trinajstić information content (AvgIpc) is 3.27. The Kier molecular flexibility index (Phi) is 5.90. The molecule has 3 heterocycles. The summed E-state index contributed by atoms with van der Waals surface area (Å²) in [6.07, 6.45) is 0. The molecule has 3 aromatic heterocycles. The second-order valence-electron chi connectivity index (χ2n) is 7.94. The highest BCUT2D eigenvalue weighted by molar-refractivity contribution is 7.98. The molecular weight excluding hydrogens is 446 g/mol. The zero-order valence-electron chi connectivity index (χ0n) is 19.1. The summed E-state index contributed by atoms with van der Waals surface area (Å²) in [6, 6.07) is 23.2. The molecule has 7 nitrogen and oxygen atoms in total. The number of thioether (sulfide) groups is 1. The molecule has 0 saturated carbocycles. The van der Waals surface area contributed by atoms with Gasteiger partial charge < -0.3 is 4.74 Å². The molecule has 0 fully saturated rings. The van der Waals surface area contributed by atoms with Crippen LogP contribution in [-0.4, -0.2) is 31.3 Å². The minimum absolute atomic E-state index is 0.0855. The van der Waals surface area contributed by atoms with Crippen LogP contribution in [0.3, 0.4) is 0 Å². The minimum Gasteiger partial charge on any atom is -0.497 e. The van der Waals surface area contributed by atoms with Gasteiger partial charge in [0.25, 0.3) is 5.56 Å². The first kappa shape index (κ1) is 21.9. The third-order valence-electron chi connectivity index (χ3n) is 5.56. The van der Waals surface area contributed by atoms with E-state index < -0.39 is 0 Å². The lowest BCUT2D eigenvalue weighted by molar-refractivity contribution is 0.415. The topological polar surface area (TPSA) is 74.3 Å². The molecule has 170 valence electrons. The summed E-state index contributed by atoms with van der Waals surface area (Å²) in [5.74, 6) is 2.01. The van der Waals surface area contributed by atoms with Gasteiger partial charge in [-0.15, -0.1) is 10.2 Å². The van der Waals surface area contributed by atoms with Gasteiger partial charge in [-0.1, -0.05) is 35.5 Å². The van der Waals surface area contributed by atoms with Crippen LogP contribution in [0.25, 0.3) is 22.7 Å². The molecule has 0 atom stereocenters. The van der Waals surface area contributed by atoms with Crippen molar-refractivity contribution in [1.82, 2.24) is 24.1 Å². The Morgan fingerprint density at radius 3 is 2.44 bits per heavy atom. The Bertz CT molecular complexity index is 1520. The second kappa shape index (κ2) is 9.15. The van der Waals surface area contributed by atoms with E-state index in [1.54, 1.807) is 17.6 Å². The van der Waals surface area contributed by atoms with Gasteiger partial charge in [-0.05, 0) is 62.4 Å². The highest BCUT2D eigenvalue weighted by atomic mass is 32.2. The van der Waals surface area contributed by atoms with Gasteiger partial charge in [0.2, 0.25) is 0 Å². The molecule has 0 aliphatic carbocycles. The van der Waals surface area contributed by atoms with Crippen LogP contribution in [0.15, 0.2) is 82.7 Å². The molecule has 34 heavy (non-hydrogen) atoms. The minimum atomic E-state index is -0.0855. The summed E-state index contributed by atoms with van der Waals surface area (Å²) in [7, 11) is 1.65. The molecule has 8 heteroatoms. The molecule has 0 amide bonds. The summed E-state index contributed by atoms with van der Waals surface area (Å²) in [6.45, 7) is 3.96. The standard InChI is InChI=1S/C26H23N5O2S/c1-17-7-11-21(12-8-17)31-25(19-9-13-22(33-3)14-10-19)28-29-26(31)34-16-20-15-24(32)30-18(2)5-4-6-23(30)27-20/h4-15H,16H2,1-3H3. The van der Waals surface area contributed by atoms with E-state index in [1.165, 1.54) is 17.3 Å². The van der Waals surface area contributed by atoms with E-state index in [0.29, 0.717) is 17.1 Å². The van der Waals surface area contributed by atoms with Gasteiger partial charge in [-0.25, -0.2) is 4.98 Å². The monoisotopic (exact) mass is 469 g/mol. The normalized spacial score (nSPS) is 11.1. The number of benzene rings is 2. The van der Waals surface area contributed by atoms with E-state index in [-0.39, 0.29) is 5.56 Å². The van der Waals surface area contributed by atoms with E-state index in [4.69, 9.17) is 4.74 Å². The van der Waals surface area contributed by atoms with Gasteiger partial charge in [0.1, 0.15) is 11.4 Å². The first-order valence-electron chi connectivity index (χ1n) is 10.8. The van der Waals surface area contributed by atoms with Gasteiger partial charge in [0, 0.05) is 28.8 Å². The average molecular weight is 470 g/mol. The highest BCUT2D eigenvalue weighted by Gasteiger charge is 2.17. The molecule has 0 aliphatic heterocycles. The summed E-state index contributed by atoms with van der Waals surface area (Å²) in [5.41, 5.74) is 5.18. The Labute approximate surface area is 201 Å². The first-order valence-corrected chi connectivity index (χ1v) is 11.8. The van der Waals surface area contributed by atoms with Crippen molar-refractivity contribution in [2.45, 2.75) is 24.8 Å². The molecule has 2 aromatic carbocycles. The molecule has 5 aromatic rings. The molecular formula is C26H23N5O2S. The van der Waals surface area contributed by atoms with Gasteiger partial charge in [0.05, 0.1) is 12.8 Å². The number of ether oxygens (including phenoxy) is 1. The fourth-order valence-corrected chi connectivity index (χ4v) is 4.64. The Hall–Kier alpha value is -3.91. The lowest BCUT2D eigenvalue weighted by Gasteiger charge is -2.11. The maximum absolute atomic E-state index is 12.7. The fraction of sp³-hybridized carbons (Fsp3) is 0.154. The molecule has 0 bridgehead atoms. The van der Waals surface area contributed by atoms with Crippen LogP contribution in [-0.2, 0) is 5.75 Å². The van der Waals surface area contributed by atoms with E-state index in [2.05, 4.69) is 46.4 Å². The van der Waals surface area contributed by atoms with Crippen LogP contribution < -0.4 is 10.3 Å². The Balaban J connectivity index is 1.52. The molecule has 0 unspecified atom stereocenters. The lowest BCUT2D eigenvalue weighted by atomic mass is 10.2. The SMILES string of the molecule is COc1ccc(-c2nnc(SCc3cc(=O)n4c(C)cccc4n3)n2-c2ccc(C)cc2)cc1. The van der Waals surface area contributed by atoms with Gasteiger partial charge in [-0.3, -0.25) is 13.8 Å². The van der Waals surface area contributed by atoms with Crippen LogP contribution in [0.5, 0.6) is 5.75 Å². The van der Waals surface area contributed by atoms with Crippen molar-refractivity contribution in [1.29, 1.82) is 0 Å². The van der Waals surface area contributed by atoms with Gasteiger partial charge >= 0.3 is 0 Å². The first-order chi connectivity index (χ1) is 16.5. The molecule has 0 saturated heterocycles. The van der Waals surface area contributed by atoms with Crippen molar-refractivity contribution in [3.05, 3.63) is 100 Å². The molecule has 0 N–H and O–H groups in total. The van der Waals surface area contributed by atoms with Crippen molar-refractivity contribution in [2.75, 3.05) is 7.11 Å². The summed E-state index contributed by atoms with van der Waals surface area (Å²) < 4.78 is 8.94. The number of rotatable bonds is 6. The van der Waals surface area contributed by atoms with Gasteiger partial charge in [-0.2, -0.15) is 0 Å². The number of hydrogen-bond donors (Lipinski definition) is 0. The maximum Gasteiger partial charge on any atom is 0.258 e. The third kappa shape index (κ3) is 4.20. The van der Waals surface area contributed by atoms with Crippen molar-refractivity contribution < 1.29 is 4.74 Å². The lowest BCUT2D eigenvalue weighted by Crippen LogP contribution is -2.17. The third-order valence-corrected chi connectivity index (χ3v) is 6.52. The number of fused-ring (bicyclic) bond motifs is 1. The predicted molar refractivity (Wildman–Crippen MR) is 134 cm³/mol. The van der Waals surface area contributed by atoms with Crippen molar-refractivity contribution in [3.8, 4) is 22.8 Å². The molecule has 0 aliphatic rings. The predicted octanol–water partition coefficient (Wildman–Crippen LogP) is 4.86. The van der Waals surface area contributed by atoms with Crippen molar-refractivity contribution in [2.24, 2.45) is 0 Å². The van der Waals surface area contributed by atoms with Crippen LogP contribution in [0.1, 0.15) is 17.0 Å². The van der Waals surface area contributed by atoms with Crippen LogP contribution in [0.4, 0.5) is 0 Å². The number of pyridine rings is 1. The fourth-order valence-electron chi connectivity index (χ4n) is 3.79. The van der Waals surface area contributed by atoms with E-state index in [9.17, 15) is 4.79 Å². The highest BCUT2D eigenvalue weighted by Crippen LogP contribution is 2.30. The summed E-state index contributed by atoms with van der Waals surface area (Å²) >= 11 is 1.50.